The van der Waals surface area contributed by atoms with Crippen molar-refractivity contribution >= 4 is 33.1 Å². The maximum absolute atomic E-state index is 12.6. The smallest absolute Gasteiger partial charge is 0.272 e. The lowest BCUT2D eigenvalue weighted by atomic mass is 10.1. The van der Waals surface area contributed by atoms with E-state index in [-0.39, 0.29) is 5.91 Å². The molecule has 0 radical (unpaired) electrons. The number of nitrogens with one attached hydrogen (secondary N) is 1. The Morgan fingerprint density at radius 2 is 2.16 bits per heavy atom. The van der Waals surface area contributed by atoms with Gasteiger partial charge in [0.05, 0.1) is 28.6 Å². The number of aryl methyl sites for hydroxylation is 2. The number of carbonyl (C=O) groups excluding carboxylic acids is 1. The number of amides is 1. The standard InChI is InChI=1S/C19H18N4OS/c1-13-4-3-5-14(8-13)11-23-12-15(10-20-23)21-19(24)17-9-18-16(22(17)2)6-7-25-18/h3-10,12H,11H2,1-2H3,(H,21,24). The lowest BCUT2D eigenvalue weighted by Gasteiger charge is -2.04. The molecule has 3 aromatic heterocycles. The van der Waals surface area contributed by atoms with E-state index in [0.717, 1.165) is 10.2 Å². The highest BCUT2D eigenvalue weighted by Crippen LogP contribution is 2.24. The zero-order chi connectivity index (χ0) is 17.4. The van der Waals surface area contributed by atoms with Crippen molar-refractivity contribution in [3.8, 4) is 0 Å². The monoisotopic (exact) mass is 350 g/mol. The van der Waals surface area contributed by atoms with E-state index < -0.39 is 0 Å². The third kappa shape index (κ3) is 3.08. The Labute approximate surface area is 149 Å². The first-order valence-corrected chi connectivity index (χ1v) is 8.90. The topological polar surface area (TPSA) is 51.9 Å². The van der Waals surface area contributed by atoms with Crippen molar-refractivity contribution in [3.05, 3.63) is 71.0 Å². The van der Waals surface area contributed by atoms with E-state index in [1.54, 1.807) is 17.5 Å². The number of thiophene rings is 1. The van der Waals surface area contributed by atoms with Crippen molar-refractivity contribution in [1.82, 2.24) is 14.3 Å². The lowest BCUT2D eigenvalue weighted by Crippen LogP contribution is -2.15. The first-order chi connectivity index (χ1) is 12.1. The van der Waals surface area contributed by atoms with Gasteiger partial charge in [-0.15, -0.1) is 11.3 Å². The van der Waals surface area contributed by atoms with Crippen LogP contribution in [0.1, 0.15) is 21.6 Å². The van der Waals surface area contributed by atoms with Crippen LogP contribution in [0.4, 0.5) is 5.69 Å². The normalized spacial score (nSPS) is 11.1. The van der Waals surface area contributed by atoms with E-state index >= 15 is 0 Å². The van der Waals surface area contributed by atoms with Gasteiger partial charge in [0, 0.05) is 13.2 Å². The summed E-state index contributed by atoms with van der Waals surface area (Å²) in [5, 5.41) is 9.30. The molecule has 0 aliphatic carbocycles. The highest BCUT2D eigenvalue weighted by atomic mass is 32.1. The van der Waals surface area contributed by atoms with Crippen molar-refractivity contribution in [2.45, 2.75) is 13.5 Å². The molecule has 0 aliphatic rings. The molecule has 1 amide bonds. The van der Waals surface area contributed by atoms with Crippen LogP contribution in [0.3, 0.4) is 0 Å². The minimum atomic E-state index is -0.124. The van der Waals surface area contributed by atoms with Gasteiger partial charge in [0.1, 0.15) is 5.69 Å². The fourth-order valence-electron chi connectivity index (χ4n) is 2.98. The predicted molar refractivity (Wildman–Crippen MR) is 101 cm³/mol. The SMILES string of the molecule is Cc1cccc(Cn2cc(NC(=O)c3cc4sccc4n3C)cn2)c1. The van der Waals surface area contributed by atoms with E-state index in [0.29, 0.717) is 17.9 Å². The van der Waals surface area contributed by atoms with Gasteiger partial charge in [0.2, 0.25) is 0 Å². The van der Waals surface area contributed by atoms with Gasteiger partial charge in [-0.2, -0.15) is 5.10 Å². The summed E-state index contributed by atoms with van der Waals surface area (Å²) in [7, 11) is 1.91. The third-order valence-corrected chi connectivity index (χ3v) is 5.07. The van der Waals surface area contributed by atoms with Crippen LogP contribution >= 0.6 is 11.3 Å². The molecule has 25 heavy (non-hydrogen) atoms. The number of fused-ring (bicyclic) bond motifs is 1. The summed E-state index contributed by atoms with van der Waals surface area (Å²) in [6.07, 6.45) is 3.53. The van der Waals surface area contributed by atoms with E-state index in [2.05, 4.69) is 35.5 Å². The van der Waals surface area contributed by atoms with Crippen LogP contribution in [0.15, 0.2) is 54.2 Å². The Bertz CT molecular complexity index is 1060. The van der Waals surface area contributed by atoms with Gasteiger partial charge in [-0.3, -0.25) is 9.48 Å². The Morgan fingerprint density at radius 3 is 2.96 bits per heavy atom. The predicted octanol–water partition coefficient (Wildman–Crippen LogP) is 4.05. The summed E-state index contributed by atoms with van der Waals surface area (Å²) in [5.74, 6) is -0.124. The maximum Gasteiger partial charge on any atom is 0.272 e. The van der Waals surface area contributed by atoms with Gasteiger partial charge in [0.15, 0.2) is 0 Å². The van der Waals surface area contributed by atoms with E-state index in [4.69, 9.17) is 0 Å². The molecule has 0 saturated carbocycles. The van der Waals surface area contributed by atoms with Gasteiger partial charge in [0.25, 0.3) is 5.91 Å². The summed E-state index contributed by atoms with van der Waals surface area (Å²) in [6, 6.07) is 12.3. The van der Waals surface area contributed by atoms with Gasteiger partial charge in [-0.1, -0.05) is 29.8 Å². The Balaban J connectivity index is 1.49. The van der Waals surface area contributed by atoms with Crippen molar-refractivity contribution in [2.24, 2.45) is 7.05 Å². The molecule has 0 fully saturated rings. The Kier molecular flexibility index (Phi) is 3.89. The molecule has 1 aromatic carbocycles. The van der Waals surface area contributed by atoms with Crippen LogP contribution < -0.4 is 5.32 Å². The highest BCUT2D eigenvalue weighted by Gasteiger charge is 2.15. The zero-order valence-corrected chi connectivity index (χ0v) is 14.9. The quantitative estimate of drug-likeness (QED) is 0.604. The Hall–Kier alpha value is -2.86. The lowest BCUT2D eigenvalue weighted by molar-refractivity contribution is 0.102. The summed E-state index contributed by atoms with van der Waals surface area (Å²) in [6.45, 7) is 2.75. The first kappa shape index (κ1) is 15.7. The third-order valence-electron chi connectivity index (χ3n) is 4.21. The largest absolute Gasteiger partial charge is 0.339 e. The van der Waals surface area contributed by atoms with Crippen LogP contribution in [-0.2, 0) is 13.6 Å². The van der Waals surface area contributed by atoms with Gasteiger partial charge in [-0.05, 0) is 30.0 Å². The molecular formula is C19H18N4OS. The second-order valence-electron chi connectivity index (χ2n) is 6.13. The molecule has 4 aromatic rings. The minimum Gasteiger partial charge on any atom is -0.339 e. The molecule has 0 bridgehead atoms. The molecule has 0 atom stereocenters. The van der Waals surface area contributed by atoms with Crippen LogP contribution in [0.2, 0.25) is 0 Å². The fraction of sp³-hybridized carbons (Fsp3) is 0.158. The Morgan fingerprint density at radius 1 is 1.28 bits per heavy atom. The summed E-state index contributed by atoms with van der Waals surface area (Å²) in [5.41, 5.74) is 4.83. The van der Waals surface area contributed by atoms with Crippen molar-refractivity contribution < 1.29 is 4.79 Å². The number of hydrogen-bond acceptors (Lipinski definition) is 3. The van der Waals surface area contributed by atoms with Crippen LogP contribution in [0, 0.1) is 6.92 Å². The van der Waals surface area contributed by atoms with Crippen molar-refractivity contribution in [2.75, 3.05) is 5.32 Å². The average Bonchev–Trinajstić information content (AvgIpc) is 3.26. The van der Waals surface area contributed by atoms with Crippen molar-refractivity contribution in [3.63, 3.8) is 0 Å². The second kappa shape index (κ2) is 6.22. The number of anilines is 1. The molecule has 0 saturated heterocycles. The molecule has 3 heterocycles. The average molecular weight is 350 g/mol. The number of benzene rings is 1. The zero-order valence-electron chi connectivity index (χ0n) is 14.1. The fourth-order valence-corrected chi connectivity index (χ4v) is 3.82. The molecular weight excluding hydrogens is 332 g/mol. The van der Waals surface area contributed by atoms with Crippen molar-refractivity contribution in [1.29, 1.82) is 0 Å². The molecule has 5 nitrogen and oxygen atoms in total. The molecule has 4 rings (SSSR count). The highest BCUT2D eigenvalue weighted by molar-refractivity contribution is 7.17. The maximum atomic E-state index is 12.6. The molecule has 6 heteroatoms. The van der Waals surface area contributed by atoms with Gasteiger partial charge in [-0.25, -0.2) is 0 Å². The summed E-state index contributed by atoms with van der Waals surface area (Å²) < 4.78 is 4.86. The second-order valence-corrected chi connectivity index (χ2v) is 7.08. The van der Waals surface area contributed by atoms with E-state index in [1.807, 2.05) is 46.1 Å². The number of aromatic nitrogens is 3. The number of rotatable bonds is 4. The molecule has 0 aliphatic heterocycles. The summed E-state index contributed by atoms with van der Waals surface area (Å²) in [4.78, 5) is 12.6. The van der Waals surface area contributed by atoms with Crippen LogP contribution in [-0.4, -0.2) is 20.3 Å². The molecule has 126 valence electrons. The molecule has 0 unspecified atom stereocenters. The van der Waals surface area contributed by atoms with Crippen LogP contribution in [0.25, 0.3) is 10.2 Å². The number of nitrogens with zero attached hydrogens (tertiary/aromatic N) is 3. The van der Waals surface area contributed by atoms with Crippen LogP contribution in [0.5, 0.6) is 0 Å². The number of carbonyl (C=O) groups is 1. The van der Waals surface area contributed by atoms with Gasteiger partial charge >= 0.3 is 0 Å². The summed E-state index contributed by atoms with van der Waals surface area (Å²) >= 11 is 1.64. The number of hydrogen-bond donors (Lipinski definition) is 1. The van der Waals surface area contributed by atoms with Gasteiger partial charge < -0.3 is 9.88 Å². The molecule has 1 N–H and O–H groups in total. The molecule has 0 spiro atoms. The first-order valence-electron chi connectivity index (χ1n) is 8.02. The van der Waals surface area contributed by atoms with E-state index in [9.17, 15) is 4.79 Å². The van der Waals surface area contributed by atoms with E-state index in [1.165, 1.54) is 11.1 Å². The minimum absolute atomic E-state index is 0.124.